The van der Waals surface area contributed by atoms with E-state index in [-0.39, 0.29) is 11.6 Å². The van der Waals surface area contributed by atoms with E-state index >= 15 is 0 Å². The second kappa shape index (κ2) is 8.38. The fourth-order valence-corrected chi connectivity index (χ4v) is 3.32. The van der Waals surface area contributed by atoms with Gasteiger partial charge in [-0.1, -0.05) is 12.1 Å². The van der Waals surface area contributed by atoms with Gasteiger partial charge >= 0.3 is 6.18 Å². The van der Waals surface area contributed by atoms with Crippen LogP contribution in [0.25, 0.3) is 16.8 Å². The smallest absolute Gasteiger partial charge is 0.321 e. The number of hydrogen-bond donors (Lipinski definition) is 2. The summed E-state index contributed by atoms with van der Waals surface area (Å²) in [5.41, 5.74) is 2.13. The van der Waals surface area contributed by atoms with E-state index in [1.165, 1.54) is 13.0 Å². The molecule has 0 fully saturated rings. The second-order valence-electron chi connectivity index (χ2n) is 7.38. The molecule has 0 saturated carbocycles. The number of nitrogens with zero attached hydrogens (tertiary/aromatic N) is 3. The molecule has 2 amide bonds. The van der Waals surface area contributed by atoms with E-state index in [1.807, 2.05) is 19.2 Å². The highest BCUT2D eigenvalue weighted by Crippen LogP contribution is 2.29. The van der Waals surface area contributed by atoms with Crippen LogP contribution in [-0.2, 0) is 11.0 Å². The normalized spacial score (nSPS) is 11.4. The lowest BCUT2D eigenvalue weighted by molar-refractivity contribution is -0.141. The molecule has 4 aromatic rings. The van der Waals surface area contributed by atoms with Gasteiger partial charge in [0.15, 0.2) is 5.82 Å². The largest absolute Gasteiger partial charge is 0.433 e. The van der Waals surface area contributed by atoms with Crippen molar-refractivity contribution < 1.29 is 22.8 Å². The Labute approximate surface area is 186 Å². The van der Waals surface area contributed by atoms with Gasteiger partial charge in [-0.05, 0) is 60.0 Å². The second-order valence-corrected chi connectivity index (χ2v) is 7.38. The maximum absolute atomic E-state index is 12.9. The molecule has 168 valence electrons. The third-order valence-corrected chi connectivity index (χ3v) is 4.83. The lowest BCUT2D eigenvalue weighted by Gasteiger charge is -2.12. The van der Waals surface area contributed by atoms with Crippen molar-refractivity contribution >= 4 is 29.0 Å². The molecule has 3 heterocycles. The minimum Gasteiger partial charge on any atom is -0.321 e. The number of carbonyl (C=O) groups is 2. The number of aromatic nitrogens is 3. The van der Waals surface area contributed by atoms with E-state index < -0.39 is 17.8 Å². The van der Waals surface area contributed by atoms with Gasteiger partial charge in [0.2, 0.25) is 5.91 Å². The first-order valence-electron chi connectivity index (χ1n) is 9.83. The zero-order chi connectivity index (χ0) is 23.8. The zero-order valence-electron chi connectivity index (χ0n) is 17.6. The molecular formula is C23H18F3N5O2. The van der Waals surface area contributed by atoms with Crippen molar-refractivity contribution in [3.8, 4) is 11.1 Å². The number of hydrogen-bond acceptors (Lipinski definition) is 4. The molecule has 2 N–H and O–H groups in total. The molecule has 10 heteroatoms. The molecule has 0 unspecified atom stereocenters. The SMILES string of the molecule is CC(=O)Nc1cn2cc(-c3cc(NC(=O)c4cccc(C(F)(F)F)n4)ccc3C)ccc2n1. The number of amides is 2. The van der Waals surface area contributed by atoms with Gasteiger partial charge in [0.25, 0.3) is 5.91 Å². The summed E-state index contributed by atoms with van der Waals surface area (Å²) in [5, 5.41) is 5.23. The molecule has 4 rings (SSSR count). The van der Waals surface area contributed by atoms with Crippen LogP contribution in [-0.4, -0.2) is 26.2 Å². The predicted octanol–water partition coefficient (Wildman–Crippen LogP) is 4.93. The highest BCUT2D eigenvalue weighted by molar-refractivity contribution is 6.03. The molecule has 3 aromatic heterocycles. The van der Waals surface area contributed by atoms with Crippen LogP contribution < -0.4 is 10.6 Å². The molecule has 0 radical (unpaired) electrons. The first-order chi connectivity index (χ1) is 15.6. The van der Waals surface area contributed by atoms with Gasteiger partial charge in [-0.3, -0.25) is 9.59 Å². The van der Waals surface area contributed by atoms with Crippen LogP contribution in [0.5, 0.6) is 0 Å². The summed E-state index contributed by atoms with van der Waals surface area (Å²) in [7, 11) is 0. The van der Waals surface area contributed by atoms with Crippen molar-refractivity contribution in [1.82, 2.24) is 14.4 Å². The van der Waals surface area contributed by atoms with Crippen molar-refractivity contribution in [2.24, 2.45) is 0 Å². The van der Waals surface area contributed by atoms with Crippen molar-refractivity contribution in [2.75, 3.05) is 10.6 Å². The number of anilines is 2. The van der Waals surface area contributed by atoms with Crippen LogP contribution in [0.1, 0.15) is 28.7 Å². The number of benzene rings is 1. The Morgan fingerprint density at radius 2 is 1.76 bits per heavy atom. The van der Waals surface area contributed by atoms with Crippen LogP contribution in [0, 0.1) is 6.92 Å². The number of fused-ring (bicyclic) bond motifs is 1. The molecular weight excluding hydrogens is 435 g/mol. The summed E-state index contributed by atoms with van der Waals surface area (Å²) in [6, 6.07) is 12.0. The highest BCUT2D eigenvalue weighted by atomic mass is 19.4. The maximum atomic E-state index is 12.9. The van der Waals surface area contributed by atoms with Gasteiger partial charge in [0.05, 0.1) is 6.20 Å². The van der Waals surface area contributed by atoms with Crippen molar-refractivity contribution in [1.29, 1.82) is 0 Å². The Bertz CT molecular complexity index is 1380. The summed E-state index contributed by atoms with van der Waals surface area (Å²) in [6.45, 7) is 3.30. The quantitative estimate of drug-likeness (QED) is 0.458. The first-order valence-corrected chi connectivity index (χ1v) is 9.83. The van der Waals surface area contributed by atoms with Crippen molar-refractivity contribution in [3.05, 3.63) is 77.9 Å². The third-order valence-electron chi connectivity index (χ3n) is 4.83. The van der Waals surface area contributed by atoms with Crippen molar-refractivity contribution in [3.63, 3.8) is 0 Å². The topological polar surface area (TPSA) is 88.4 Å². The van der Waals surface area contributed by atoms with Gasteiger partial charge in [-0.25, -0.2) is 9.97 Å². The maximum Gasteiger partial charge on any atom is 0.433 e. The number of carbonyl (C=O) groups excluding carboxylic acids is 2. The lowest BCUT2D eigenvalue weighted by Crippen LogP contribution is -2.17. The van der Waals surface area contributed by atoms with Crippen LogP contribution in [0.15, 0.2) is 60.9 Å². The number of nitrogens with one attached hydrogen (secondary N) is 2. The van der Waals surface area contributed by atoms with Gasteiger partial charge in [0.1, 0.15) is 17.0 Å². The van der Waals surface area contributed by atoms with Gasteiger partial charge in [-0.2, -0.15) is 13.2 Å². The standard InChI is InChI=1S/C23H18F3N5O2/c1-13-6-8-16(28-22(33)18-4-3-5-19(29-18)23(24,25)26)10-17(13)15-7-9-21-30-20(27-14(2)32)12-31(21)11-15/h3-12H,1-2H3,(H,27,32)(H,28,33). The molecule has 0 aliphatic carbocycles. The molecule has 0 aliphatic heterocycles. The molecule has 0 atom stereocenters. The van der Waals surface area contributed by atoms with Crippen LogP contribution in [0.3, 0.4) is 0 Å². The number of aryl methyl sites for hydroxylation is 1. The molecule has 33 heavy (non-hydrogen) atoms. The van der Waals surface area contributed by atoms with Crippen molar-refractivity contribution in [2.45, 2.75) is 20.0 Å². The van der Waals surface area contributed by atoms with E-state index in [2.05, 4.69) is 20.6 Å². The summed E-state index contributed by atoms with van der Waals surface area (Å²) < 4.78 is 40.5. The Kier molecular flexibility index (Phi) is 5.59. The minimum atomic E-state index is -4.64. The minimum absolute atomic E-state index is 0.229. The molecule has 0 saturated heterocycles. The number of halogens is 3. The van der Waals surface area contributed by atoms with Gasteiger partial charge < -0.3 is 15.0 Å². The predicted molar refractivity (Wildman–Crippen MR) is 117 cm³/mol. The third kappa shape index (κ3) is 4.84. The monoisotopic (exact) mass is 453 g/mol. The number of alkyl halides is 3. The fourth-order valence-electron chi connectivity index (χ4n) is 3.32. The zero-order valence-corrected chi connectivity index (χ0v) is 17.6. The molecule has 0 bridgehead atoms. The fraction of sp³-hybridized carbons (Fsp3) is 0.130. The van der Waals surface area contributed by atoms with Crippen LogP contribution in [0.4, 0.5) is 24.7 Å². The highest BCUT2D eigenvalue weighted by Gasteiger charge is 2.32. The average Bonchev–Trinajstić information content (AvgIpc) is 3.15. The summed E-state index contributed by atoms with van der Waals surface area (Å²) >= 11 is 0. The summed E-state index contributed by atoms with van der Waals surface area (Å²) in [6.07, 6.45) is -1.13. The van der Waals surface area contributed by atoms with E-state index in [1.54, 1.807) is 34.9 Å². The summed E-state index contributed by atoms with van der Waals surface area (Å²) in [5.74, 6) is -0.555. The summed E-state index contributed by atoms with van der Waals surface area (Å²) in [4.78, 5) is 31.5. The van der Waals surface area contributed by atoms with Gasteiger partial charge in [-0.15, -0.1) is 0 Å². The molecule has 0 aliphatic rings. The van der Waals surface area contributed by atoms with Crippen LogP contribution >= 0.6 is 0 Å². The Balaban J connectivity index is 1.62. The number of pyridine rings is 2. The number of imidazole rings is 1. The Morgan fingerprint density at radius 3 is 2.48 bits per heavy atom. The van der Waals surface area contributed by atoms with E-state index in [9.17, 15) is 22.8 Å². The molecule has 7 nitrogen and oxygen atoms in total. The Hall–Kier alpha value is -4.21. The lowest BCUT2D eigenvalue weighted by atomic mass is 10.0. The number of rotatable bonds is 4. The molecule has 1 aromatic carbocycles. The molecule has 0 spiro atoms. The first kappa shape index (κ1) is 22.0. The average molecular weight is 453 g/mol. The van der Waals surface area contributed by atoms with E-state index in [4.69, 9.17) is 0 Å². The van der Waals surface area contributed by atoms with E-state index in [0.29, 0.717) is 17.2 Å². The Morgan fingerprint density at radius 1 is 0.970 bits per heavy atom. The van der Waals surface area contributed by atoms with Crippen LogP contribution in [0.2, 0.25) is 0 Å². The van der Waals surface area contributed by atoms with Gasteiger partial charge in [0, 0.05) is 18.8 Å². The van der Waals surface area contributed by atoms with E-state index in [0.717, 1.165) is 28.8 Å².